The number of nitrogens with one attached hydrogen (secondary N) is 2. The van der Waals surface area contributed by atoms with Crippen LogP contribution in [0.5, 0.6) is 0 Å². The fraction of sp³-hybridized carbons (Fsp3) is 0.471. The van der Waals surface area contributed by atoms with Crippen LogP contribution < -0.4 is 16.4 Å². The van der Waals surface area contributed by atoms with Gasteiger partial charge in [0.25, 0.3) is 5.91 Å². The van der Waals surface area contributed by atoms with Crippen LogP contribution in [-0.4, -0.2) is 43.4 Å². The molecule has 1 aliphatic carbocycles. The van der Waals surface area contributed by atoms with Crippen molar-refractivity contribution in [2.75, 3.05) is 26.0 Å². The van der Waals surface area contributed by atoms with Gasteiger partial charge in [0.05, 0.1) is 5.41 Å². The Labute approximate surface area is 141 Å². The van der Waals surface area contributed by atoms with Gasteiger partial charge < -0.3 is 21.3 Å². The monoisotopic (exact) mass is 332 g/mol. The molecule has 0 spiro atoms. The van der Waals surface area contributed by atoms with Crippen molar-refractivity contribution in [2.24, 2.45) is 11.1 Å². The minimum absolute atomic E-state index is 0.0597. The molecule has 0 bridgehead atoms. The molecule has 1 aromatic carbocycles. The average Bonchev–Trinajstić information content (AvgIpc) is 3.01. The van der Waals surface area contributed by atoms with E-state index >= 15 is 0 Å². The molecule has 7 heteroatoms. The summed E-state index contributed by atoms with van der Waals surface area (Å²) in [5, 5.41) is 5.30. The molecule has 0 radical (unpaired) electrons. The molecule has 0 aliphatic heterocycles. The highest BCUT2D eigenvalue weighted by Gasteiger charge is 2.42. The van der Waals surface area contributed by atoms with Crippen LogP contribution >= 0.6 is 0 Å². The van der Waals surface area contributed by atoms with Crippen LogP contribution in [0.2, 0.25) is 0 Å². The first-order chi connectivity index (χ1) is 11.3. The number of anilines is 1. The number of benzene rings is 1. The van der Waals surface area contributed by atoms with E-state index in [9.17, 15) is 14.4 Å². The Hall–Kier alpha value is -2.57. The molecule has 7 nitrogen and oxygen atoms in total. The van der Waals surface area contributed by atoms with Gasteiger partial charge in [-0.3, -0.25) is 9.59 Å². The van der Waals surface area contributed by atoms with Crippen molar-refractivity contribution in [1.82, 2.24) is 10.2 Å². The van der Waals surface area contributed by atoms with Crippen molar-refractivity contribution >= 4 is 23.5 Å². The lowest BCUT2D eigenvalue weighted by Crippen LogP contribution is -2.46. The maximum absolute atomic E-state index is 12.5. The molecule has 0 unspecified atom stereocenters. The molecule has 1 aromatic rings. The SMILES string of the molecule is CN(C)C(=O)C1(CNC(=O)c2cccc(NC(N)=O)c2)CCCC1. The van der Waals surface area contributed by atoms with Gasteiger partial charge >= 0.3 is 6.03 Å². The summed E-state index contributed by atoms with van der Waals surface area (Å²) < 4.78 is 0. The van der Waals surface area contributed by atoms with Gasteiger partial charge in [0.1, 0.15) is 0 Å². The zero-order chi connectivity index (χ0) is 17.7. The fourth-order valence-corrected chi connectivity index (χ4v) is 3.22. The normalized spacial score (nSPS) is 15.6. The highest BCUT2D eigenvalue weighted by molar-refractivity contribution is 5.97. The zero-order valence-corrected chi connectivity index (χ0v) is 14.1. The van der Waals surface area contributed by atoms with Gasteiger partial charge in [-0.05, 0) is 31.0 Å². The number of primary amides is 1. The Kier molecular flexibility index (Phi) is 5.43. The topological polar surface area (TPSA) is 105 Å². The Balaban J connectivity index is 2.06. The van der Waals surface area contributed by atoms with E-state index in [0.717, 1.165) is 25.7 Å². The molecule has 1 saturated carbocycles. The number of urea groups is 1. The summed E-state index contributed by atoms with van der Waals surface area (Å²) in [6.45, 7) is 0.316. The van der Waals surface area contributed by atoms with E-state index in [1.807, 2.05) is 0 Å². The highest BCUT2D eigenvalue weighted by atomic mass is 16.2. The maximum Gasteiger partial charge on any atom is 0.316 e. The van der Waals surface area contributed by atoms with E-state index in [1.165, 1.54) is 0 Å². The fourth-order valence-electron chi connectivity index (χ4n) is 3.22. The Bertz CT molecular complexity index is 636. The predicted molar refractivity (Wildman–Crippen MR) is 91.6 cm³/mol. The van der Waals surface area contributed by atoms with Crippen molar-refractivity contribution in [3.05, 3.63) is 29.8 Å². The summed E-state index contributed by atoms with van der Waals surface area (Å²) in [6, 6.07) is 5.83. The van der Waals surface area contributed by atoms with Crippen LogP contribution in [0.15, 0.2) is 24.3 Å². The molecule has 4 N–H and O–H groups in total. The van der Waals surface area contributed by atoms with Crippen LogP contribution in [0.1, 0.15) is 36.0 Å². The van der Waals surface area contributed by atoms with Crippen molar-refractivity contribution in [3.8, 4) is 0 Å². The van der Waals surface area contributed by atoms with Gasteiger partial charge in [0.15, 0.2) is 0 Å². The molecule has 0 saturated heterocycles. The Morgan fingerprint density at radius 3 is 2.46 bits per heavy atom. The summed E-state index contributed by atoms with van der Waals surface area (Å²) in [5.74, 6) is -0.217. The molecule has 24 heavy (non-hydrogen) atoms. The molecule has 4 amide bonds. The van der Waals surface area contributed by atoms with Crippen molar-refractivity contribution in [2.45, 2.75) is 25.7 Å². The molecular formula is C17H24N4O3. The molecule has 1 fully saturated rings. The smallest absolute Gasteiger partial charge is 0.316 e. The number of carbonyl (C=O) groups excluding carboxylic acids is 3. The van der Waals surface area contributed by atoms with E-state index in [1.54, 1.807) is 43.3 Å². The third-order valence-corrected chi connectivity index (χ3v) is 4.40. The van der Waals surface area contributed by atoms with Crippen LogP contribution in [-0.2, 0) is 4.79 Å². The van der Waals surface area contributed by atoms with E-state index in [2.05, 4.69) is 10.6 Å². The van der Waals surface area contributed by atoms with Gasteiger partial charge in [-0.2, -0.15) is 0 Å². The molecule has 0 aromatic heterocycles. The number of nitrogens with two attached hydrogens (primary N) is 1. The van der Waals surface area contributed by atoms with Gasteiger partial charge in [-0.15, -0.1) is 0 Å². The van der Waals surface area contributed by atoms with E-state index < -0.39 is 11.4 Å². The number of nitrogens with zero attached hydrogens (tertiary/aromatic N) is 1. The largest absolute Gasteiger partial charge is 0.351 e. The molecule has 0 atom stereocenters. The van der Waals surface area contributed by atoms with Crippen LogP contribution in [0.3, 0.4) is 0 Å². The summed E-state index contributed by atoms with van der Waals surface area (Å²) >= 11 is 0. The first-order valence-electron chi connectivity index (χ1n) is 8.00. The molecule has 130 valence electrons. The number of carbonyl (C=O) groups is 3. The van der Waals surface area contributed by atoms with Gasteiger partial charge in [0, 0.05) is 31.9 Å². The predicted octanol–water partition coefficient (Wildman–Crippen LogP) is 1.56. The second-order valence-corrected chi connectivity index (χ2v) is 6.44. The maximum atomic E-state index is 12.5. The molecule has 1 aliphatic rings. The Morgan fingerprint density at radius 2 is 1.88 bits per heavy atom. The first kappa shape index (κ1) is 17.8. The minimum Gasteiger partial charge on any atom is -0.351 e. The lowest BCUT2D eigenvalue weighted by atomic mass is 9.84. The quantitative estimate of drug-likeness (QED) is 0.762. The second-order valence-electron chi connectivity index (χ2n) is 6.44. The number of hydrogen-bond donors (Lipinski definition) is 3. The summed E-state index contributed by atoms with van der Waals surface area (Å²) in [6.07, 6.45) is 3.56. The third kappa shape index (κ3) is 4.04. The highest BCUT2D eigenvalue weighted by Crippen LogP contribution is 2.39. The number of rotatable bonds is 5. The van der Waals surface area contributed by atoms with Crippen LogP contribution in [0, 0.1) is 5.41 Å². The van der Waals surface area contributed by atoms with Crippen molar-refractivity contribution in [3.63, 3.8) is 0 Å². The lowest BCUT2D eigenvalue weighted by Gasteiger charge is -2.30. The standard InChI is InChI=1S/C17H24N4O3/c1-21(2)15(23)17(8-3-4-9-17)11-19-14(22)12-6-5-7-13(10-12)20-16(18)24/h5-7,10H,3-4,8-9,11H2,1-2H3,(H,19,22)(H3,18,20,24). The third-order valence-electron chi connectivity index (χ3n) is 4.40. The van der Waals surface area contributed by atoms with Crippen molar-refractivity contribution < 1.29 is 14.4 Å². The van der Waals surface area contributed by atoms with Gasteiger partial charge in [-0.25, -0.2) is 4.79 Å². The van der Waals surface area contributed by atoms with E-state index in [-0.39, 0.29) is 11.8 Å². The average molecular weight is 332 g/mol. The number of hydrogen-bond acceptors (Lipinski definition) is 3. The van der Waals surface area contributed by atoms with Crippen LogP contribution in [0.4, 0.5) is 10.5 Å². The number of amides is 4. The lowest BCUT2D eigenvalue weighted by molar-refractivity contribution is -0.138. The molecular weight excluding hydrogens is 308 g/mol. The van der Waals surface area contributed by atoms with E-state index in [4.69, 9.17) is 5.73 Å². The zero-order valence-electron chi connectivity index (χ0n) is 14.1. The minimum atomic E-state index is -0.686. The van der Waals surface area contributed by atoms with E-state index in [0.29, 0.717) is 17.8 Å². The Morgan fingerprint density at radius 1 is 1.21 bits per heavy atom. The summed E-state index contributed by atoms with van der Waals surface area (Å²) in [4.78, 5) is 37.4. The summed E-state index contributed by atoms with van der Waals surface area (Å²) in [7, 11) is 3.48. The second kappa shape index (κ2) is 7.33. The summed E-state index contributed by atoms with van der Waals surface area (Å²) in [5.41, 5.74) is 5.43. The molecule has 2 rings (SSSR count). The first-order valence-corrected chi connectivity index (χ1v) is 8.00. The van der Waals surface area contributed by atoms with Gasteiger partial charge in [0.2, 0.25) is 5.91 Å². The van der Waals surface area contributed by atoms with Crippen molar-refractivity contribution in [1.29, 1.82) is 0 Å². The van der Waals surface area contributed by atoms with Crippen LogP contribution in [0.25, 0.3) is 0 Å². The molecule has 0 heterocycles. The van der Waals surface area contributed by atoms with Gasteiger partial charge in [-0.1, -0.05) is 18.9 Å².